The fourth-order valence-electron chi connectivity index (χ4n) is 2.68. The van der Waals surface area contributed by atoms with Gasteiger partial charge in [-0.05, 0) is 47.7 Å². The molecular weight excluding hydrogens is 322 g/mol. The minimum atomic E-state index is -0.537. The highest BCUT2D eigenvalue weighted by atomic mass is 16.6. The zero-order valence-electron chi connectivity index (χ0n) is 16.1. The first-order valence-corrected chi connectivity index (χ1v) is 8.83. The van der Waals surface area contributed by atoms with Crippen molar-refractivity contribution in [2.75, 3.05) is 40.3 Å². The SMILES string of the molecule is CN(C)C/C=C/C(=O)NC1CCN(C(=O)OC(C)(C)C)CCC1CO. The normalized spacial score (nSPS) is 22.1. The van der Waals surface area contributed by atoms with Gasteiger partial charge in [-0.25, -0.2) is 4.79 Å². The lowest BCUT2D eigenvalue weighted by Gasteiger charge is -2.26. The summed E-state index contributed by atoms with van der Waals surface area (Å²) in [6.45, 7) is 7.19. The molecule has 0 aromatic heterocycles. The van der Waals surface area contributed by atoms with E-state index < -0.39 is 5.60 Å². The molecule has 1 saturated heterocycles. The van der Waals surface area contributed by atoms with Crippen LogP contribution in [0.15, 0.2) is 12.2 Å². The molecule has 144 valence electrons. The molecule has 2 N–H and O–H groups in total. The van der Waals surface area contributed by atoms with Crippen molar-refractivity contribution in [2.24, 2.45) is 5.92 Å². The van der Waals surface area contributed by atoms with E-state index in [0.29, 0.717) is 32.5 Å². The number of amides is 2. The van der Waals surface area contributed by atoms with Crippen molar-refractivity contribution in [1.29, 1.82) is 0 Å². The summed E-state index contributed by atoms with van der Waals surface area (Å²) in [7, 11) is 3.86. The van der Waals surface area contributed by atoms with Crippen LogP contribution in [0.4, 0.5) is 4.79 Å². The Kier molecular flexibility index (Phi) is 8.38. The molecule has 0 aromatic rings. The van der Waals surface area contributed by atoms with Crippen LogP contribution in [0.3, 0.4) is 0 Å². The Bertz CT molecular complexity index is 471. The second-order valence-electron chi connectivity index (χ2n) is 7.77. The van der Waals surface area contributed by atoms with Gasteiger partial charge in [0.05, 0.1) is 0 Å². The topological polar surface area (TPSA) is 82.1 Å². The van der Waals surface area contributed by atoms with Crippen LogP contribution in [-0.4, -0.2) is 78.9 Å². The van der Waals surface area contributed by atoms with Gasteiger partial charge in [0.2, 0.25) is 5.91 Å². The second-order valence-corrected chi connectivity index (χ2v) is 7.77. The summed E-state index contributed by atoms with van der Waals surface area (Å²) in [5, 5.41) is 12.6. The molecule has 0 aromatic carbocycles. The van der Waals surface area contributed by atoms with Gasteiger partial charge in [-0.1, -0.05) is 6.08 Å². The lowest BCUT2D eigenvalue weighted by atomic mass is 9.95. The molecule has 7 heteroatoms. The average molecular weight is 355 g/mol. The summed E-state index contributed by atoms with van der Waals surface area (Å²) in [6.07, 6.45) is 4.19. The molecule has 1 fully saturated rings. The zero-order valence-corrected chi connectivity index (χ0v) is 16.1. The van der Waals surface area contributed by atoms with Gasteiger partial charge in [0, 0.05) is 44.3 Å². The summed E-state index contributed by atoms with van der Waals surface area (Å²) in [5.74, 6) is -0.241. The largest absolute Gasteiger partial charge is 0.444 e. The van der Waals surface area contributed by atoms with Crippen LogP contribution in [0.5, 0.6) is 0 Å². The van der Waals surface area contributed by atoms with Crippen LogP contribution < -0.4 is 5.32 Å². The Labute approximate surface area is 151 Å². The second kappa shape index (κ2) is 9.77. The number of likely N-dealkylation sites (N-methyl/N-ethyl adjacent to an activating group) is 1. The van der Waals surface area contributed by atoms with Crippen LogP contribution in [0, 0.1) is 5.92 Å². The Morgan fingerprint density at radius 2 is 1.92 bits per heavy atom. The molecule has 1 aliphatic rings. The first kappa shape index (κ1) is 21.4. The highest BCUT2D eigenvalue weighted by Crippen LogP contribution is 2.20. The predicted molar refractivity (Wildman–Crippen MR) is 97.2 cm³/mol. The molecule has 0 spiro atoms. The lowest BCUT2D eigenvalue weighted by Crippen LogP contribution is -2.41. The number of carbonyl (C=O) groups excluding carboxylic acids is 2. The highest BCUT2D eigenvalue weighted by molar-refractivity contribution is 5.87. The van der Waals surface area contributed by atoms with Crippen molar-refractivity contribution in [2.45, 2.75) is 45.3 Å². The molecule has 2 unspecified atom stereocenters. The fraction of sp³-hybridized carbons (Fsp3) is 0.778. The third-order valence-corrected chi connectivity index (χ3v) is 4.00. The third-order valence-electron chi connectivity index (χ3n) is 4.00. The Morgan fingerprint density at radius 3 is 2.48 bits per heavy atom. The molecule has 0 aliphatic carbocycles. The van der Waals surface area contributed by atoms with Crippen molar-refractivity contribution in [1.82, 2.24) is 15.1 Å². The maximum Gasteiger partial charge on any atom is 0.410 e. The number of likely N-dealkylation sites (tertiary alicyclic amines) is 1. The molecule has 0 saturated carbocycles. The van der Waals surface area contributed by atoms with Crippen LogP contribution in [0.25, 0.3) is 0 Å². The number of nitrogens with one attached hydrogen (secondary N) is 1. The lowest BCUT2D eigenvalue weighted by molar-refractivity contribution is -0.117. The number of aliphatic hydroxyl groups excluding tert-OH is 1. The van der Waals surface area contributed by atoms with Gasteiger partial charge in [0.1, 0.15) is 5.60 Å². The molecule has 2 atom stereocenters. The number of rotatable bonds is 5. The van der Waals surface area contributed by atoms with Crippen LogP contribution in [-0.2, 0) is 9.53 Å². The Balaban J connectivity index is 2.62. The summed E-state index contributed by atoms with van der Waals surface area (Å²) >= 11 is 0. The van der Waals surface area contributed by atoms with Gasteiger partial charge in [0.25, 0.3) is 0 Å². The summed E-state index contributed by atoms with van der Waals surface area (Å²) in [4.78, 5) is 27.9. The van der Waals surface area contributed by atoms with E-state index >= 15 is 0 Å². The van der Waals surface area contributed by atoms with Crippen molar-refractivity contribution >= 4 is 12.0 Å². The van der Waals surface area contributed by atoms with Crippen LogP contribution >= 0.6 is 0 Å². The van der Waals surface area contributed by atoms with E-state index in [0.717, 1.165) is 0 Å². The minimum Gasteiger partial charge on any atom is -0.444 e. The smallest absolute Gasteiger partial charge is 0.410 e. The molecule has 7 nitrogen and oxygen atoms in total. The Hall–Kier alpha value is -1.60. The zero-order chi connectivity index (χ0) is 19.0. The molecular formula is C18H33N3O4. The summed E-state index contributed by atoms with van der Waals surface area (Å²) < 4.78 is 5.41. The molecule has 1 aliphatic heterocycles. The fourth-order valence-corrected chi connectivity index (χ4v) is 2.68. The van der Waals surface area contributed by atoms with E-state index in [2.05, 4.69) is 5.32 Å². The average Bonchev–Trinajstić information content (AvgIpc) is 2.67. The standard InChI is InChI=1S/C18H33N3O4/c1-18(2,3)25-17(24)21-11-8-14(13-22)15(9-12-21)19-16(23)7-6-10-20(4)5/h6-7,14-15,22H,8-13H2,1-5H3,(H,19,23)/b7-6+. The molecule has 1 heterocycles. The van der Waals surface area contributed by atoms with Crippen molar-refractivity contribution < 1.29 is 19.4 Å². The number of hydrogen-bond acceptors (Lipinski definition) is 5. The van der Waals surface area contributed by atoms with Crippen molar-refractivity contribution in [3.8, 4) is 0 Å². The Morgan fingerprint density at radius 1 is 1.28 bits per heavy atom. The number of ether oxygens (including phenoxy) is 1. The molecule has 0 radical (unpaired) electrons. The van der Waals surface area contributed by atoms with Gasteiger partial charge in [-0.15, -0.1) is 0 Å². The van der Waals surface area contributed by atoms with Gasteiger partial charge in [-0.3, -0.25) is 4.79 Å². The molecule has 25 heavy (non-hydrogen) atoms. The number of carbonyl (C=O) groups is 2. The van der Waals surface area contributed by atoms with E-state index in [1.807, 2.05) is 39.8 Å². The third kappa shape index (κ3) is 8.36. The van der Waals surface area contributed by atoms with E-state index in [4.69, 9.17) is 4.74 Å². The van der Waals surface area contributed by atoms with Crippen LogP contribution in [0.1, 0.15) is 33.6 Å². The minimum absolute atomic E-state index is 0.0193. The first-order valence-electron chi connectivity index (χ1n) is 8.83. The van der Waals surface area contributed by atoms with Gasteiger partial charge >= 0.3 is 6.09 Å². The number of aliphatic hydroxyl groups is 1. The van der Waals surface area contributed by atoms with E-state index in [1.54, 1.807) is 11.0 Å². The number of hydrogen-bond donors (Lipinski definition) is 2. The maximum absolute atomic E-state index is 12.2. The summed E-state index contributed by atoms with van der Waals surface area (Å²) in [5.41, 5.74) is -0.537. The van der Waals surface area contributed by atoms with Gasteiger partial charge in [0.15, 0.2) is 0 Å². The van der Waals surface area contributed by atoms with E-state index in [-0.39, 0.29) is 30.6 Å². The summed E-state index contributed by atoms with van der Waals surface area (Å²) in [6, 6.07) is -0.158. The van der Waals surface area contributed by atoms with Gasteiger partial charge < -0.3 is 25.0 Å². The van der Waals surface area contributed by atoms with Gasteiger partial charge in [-0.2, -0.15) is 0 Å². The predicted octanol–water partition coefficient (Wildman–Crippen LogP) is 1.23. The van der Waals surface area contributed by atoms with E-state index in [1.165, 1.54) is 6.08 Å². The van der Waals surface area contributed by atoms with Crippen molar-refractivity contribution in [3.63, 3.8) is 0 Å². The first-order chi connectivity index (χ1) is 11.6. The molecule has 1 rings (SSSR count). The number of nitrogens with zero attached hydrogens (tertiary/aromatic N) is 2. The molecule has 2 amide bonds. The molecule has 0 bridgehead atoms. The van der Waals surface area contributed by atoms with Crippen molar-refractivity contribution in [3.05, 3.63) is 12.2 Å². The monoisotopic (exact) mass is 355 g/mol. The van der Waals surface area contributed by atoms with E-state index in [9.17, 15) is 14.7 Å². The maximum atomic E-state index is 12.2. The quantitative estimate of drug-likeness (QED) is 0.725. The highest BCUT2D eigenvalue weighted by Gasteiger charge is 2.30. The van der Waals surface area contributed by atoms with Crippen LogP contribution in [0.2, 0.25) is 0 Å².